The second kappa shape index (κ2) is 6.62. The lowest BCUT2D eigenvalue weighted by Crippen LogP contribution is -2.43. The molecule has 1 aromatic rings. The number of para-hydroxylation sites is 1. The van der Waals surface area contributed by atoms with E-state index in [4.69, 9.17) is 4.74 Å². The Morgan fingerprint density at radius 2 is 1.65 bits per heavy atom. The quantitative estimate of drug-likeness (QED) is 0.820. The first-order chi connectivity index (χ1) is 9.11. The molecule has 0 aromatic heterocycles. The SMILES string of the molecule is CC(C)c1ccccc1OCC(C)(C)CNC(C)(C)C. The van der Waals surface area contributed by atoms with E-state index in [9.17, 15) is 0 Å². The summed E-state index contributed by atoms with van der Waals surface area (Å²) in [7, 11) is 0. The second-order valence-corrected chi connectivity index (χ2v) is 7.75. The zero-order chi connectivity index (χ0) is 15.4. The Kier molecular flexibility index (Phi) is 5.64. The number of rotatable bonds is 6. The minimum absolute atomic E-state index is 0.109. The fourth-order valence-corrected chi connectivity index (χ4v) is 1.92. The molecular weight excluding hydrogens is 246 g/mol. The fourth-order valence-electron chi connectivity index (χ4n) is 1.92. The summed E-state index contributed by atoms with van der Waals surface area (Å²) in [5, 5.41) is 3.56. The van der Waals surface area contributed by atoms with Gasteiger partial charge in [0.1, 0.15) is 5.75 Å². The van der Waals surface area contributed by atoms with E-state index in [2.05, 4.69) is 72.0 Å². The van der Waals surface area contributed by atoms with Crippen LogP contribution in [0.15, 0.2) is 24.3 Å². The topological polar surface area (TPSA) is 21.3 Å². The van der Waals surface area contributed by atoms with Crippen molar-refractivity contribution in [2.24, 2.45) is 5.41 Å². The van der Waals surface area contributed by atoms with Gasteiger partial charge in [0.25, 0.3) is 0 Å². The van der Waals surface area contributed by atoms with Crippen molar-refractivity contribution in [3.63, 3.8) is 0 Å². The molecule has 0 spiro atoms. The maximum absolute atomic E-state index is 6.09. The van der Waals surface area contributed by atoms with Gasteiger partial charge in [0.05, 0.1) is 6.61 Å². The fraction of sp³-hybridized carbons (Fsp3) is 0.667. The third-order valence-electron chi connectivity index (χ3n) is 3.26. The molecule has 114 valence electrons. The smallest absolute Gasteiger partial charge is 0.122 e. The Hall–Kier alpha value is -1.02. The van der Waals surface area contributed by atoms with Crippen LogP contribution < -0.4 is 10.1 Å². The summed E-state index contributed by atoms with van der Waals surface area (Å²) in [5.41, 5.74) is 1.54. The molecule has 0 heterocycles. The summed E-state index contributed by atoms with van der Waals surface area (Å²) < 4.78 is 6.09. The van der Waals surface area contributed by atoms with Crippen molar-refractivity contribution in [1.82, 2.24) is 5.32 Å². The van der Waals surface area contributed by atoms with Crippen LogP contribution in [0.1, 0.15) is 59.9 Å². The highest BCUT2D eigenvalue weighted by Crippen LogP contribution is 2.27. The first kappa shape index (κ1) is 17.0. The van der Waals surface area contributed by atoms with Gasteiger partial charge in [-0.15, -0.1) is 0 Å². The van der Waals surface area contributed by atoms with Crippen LogP contribution in [0.5, 0.6) is 5.75 Å². The summed E-state index contributed by atoms with van der Waals surface area (Å²) in [6.45, 7) is 17.1. The van der Waals surface area contributed by atoms with Crippen molar-refractivity contribution in [1.29, 1.82) is 0 Å². The highest BCUT2D eigenvalue weighted by atomic mass is 16.5. The zero-order valence-corrected chi connectivity index (χ0v) is 14.2. The van der Waals surface area contributed by atoms with Gasteiger partial charge in [0.15, 0.2) is 0 Å². The molecule has 0 unspecified atom stereocenters. The Morgan fingerprint density at radius 1 is 1.05 bits per heavy atom. The van der Waals surface area contributed by atoms with Crippen LogP contribution in [-0.2, 0) is 0 Å². The summed E-state index contributed by atoms with van der Waals surface area (Å²) in [6.07, 6.45) is 0. The highest BCUT2D eigenvalue weighted by molar-refractivity contribution is 5.35. The molecule has 20 heavy (non-hydrogen) atoms. The lowest BCUT2D eigenvalue weighted by Gasteiger charge is -2.30. The standard InChI is InChI=1S/C18H31NO/c1-14(2)15-10-8-9-11-16(15)20-13-18(6,7)12-19-17(3,4)5/h8-11,14,19H,12-13H2,1-7H3. The molecule has 0 saturated heterocycles. The molecule has 0 aliphatic heterocycles. The second-order valence-electron chi connectivity index (χ2n) is 7.75. The average molecular weight is 277 g/mol. The van der Waals surface area contributed by atoms with Gasteiger partial charge >= 0.3 is 0 Å². The van der Waals surface area contributed by atoms with Crippen LogP contribution in [0.2, 0.25) is 0 Å². The molecule has 1 rings (SSSR count). The number of hydrogen-bond donors (Lipinski definition) is 1. The van der Waals surface area contributed by atoms with Crippen LogP contribution in [0.4, 0.5) is 0 Å². The van der Waals surface area contributed by atoms with E-state index < -0.39 is 0 Å². The summed E-state index contributed by atoms with van der Waals surface area (Å²) in [6, 6.07) is 8.35. The van der Waals surface area contributed by atoms with E-state index >= 15 is 0 Å². The molecule has 0 saturated carbocycles. The van der Waals surface area contributed by atoms with Crippen LogP contribution in [0, 0.1) is 5.41 Å². The van der Waals surface area contributed by atoms with Crippen molar-refractivity contribution in [3.8, 4) is 5.75 Å². The van der Waals surface area contributed by atoms with Crippen molar-refractivity contribution < 1.29 is 4.74 Å². The molecule has 1 N–H and O–H groups in total. The molecule has 0 amide bonds. The van der Waals surface area contributed by atoms with E-state index in [0.717, 1.165) is 18.9 Å². The van der Waals surface area contributed by atoms with Gasteiger partial charge in [-0.1, -0.05) is 45.9 Å². The normalized spacial score (nSPS) is 12.8. The number of hydrogen-bond acceptors (Lipinski definition) is 2. The van der Waals surface area contributed by atoms with Crippen LogP contribution >= 0.6 is 0 Å². The monoisotopic (exact) mass is 277 g/mol. The molecule has 2 nitrogen and oxygen atoms in total. The lowest BCUT2D eigenvalue weighted by molar-refractivity contribution is 0.164. The predicted octanol–water partition coefficient (Wildman–Crippen LogP) is 4.60. The van der Waals surface area contributed by atoms with Gasteiger partial charge in [-0.3, -0.25) is 0 Å². The van der Waals surface area contributed by atoms with E-state index in [1.165, 1.54) is 5.56 Å². The molecule has 1 aromatic carbocycles. The van der Waals surface area contributed by atoms with Gasteiger partial charge in [-0.25, -0.2) is 0 Å². The summed E-state index contributed by atoms with van der Waals surface area (Å²) in [4.78, 5) is 0. The summed E-state index contributed by atoms with van der Waals surface area (Å²) in [5.74, 6) is 1.51. The molecule has 0 aliphatic rings. The van der Waals surface area contributed by atoms with Gasteiger partial charge in [-0.2, -0.15) is 0 Å². The number of ether oxygens (including phenoxy) is 1. The third kappa shape index (κ3) is 5.96. The zero-order valence-electron chi connectivity index (χ0n) is 14.2. The van der Waals surface area contributed by atoms with Crippen molar-refractivity contribution >= 4 is 0 Å². The van der Waals surface area contributed by atoms with Crippen molar-refractivity contribution in [3.05, 3.63) is 29.8 Å². The lowest BCUT2D eigenvalue weighted by atomic mass is 9.93. The van der Waals surface area contributed by atoms with Gasteiger partial charge in [-0.05, 0) is 38.3 Å². The maximum Gasteiger partial charge on any atom is 0.122 e. The van der Waals surface area contributed by atoms with Gasteiger partial charge in [0, 0.05) is 17.5 Å². The third-order valence-corrected chi connectivity index (χ3v) is 3.26. The van der Waals surface area contributed by atoms with E-state index in [-0.39, 0.29) is 11.0 Å². The van der Waals surface area contributed by atoms with E-state index in [0.29, 0.717) is 5.92 Å². The Morgan fingerprint density at radius 3 is 2.20 bits per heavy atom. The molecule has 2 heteroatoms. The van der Waals surface area contributed by atoms with Crippen molar-refractivity contribution in [2.45, 2.75) is 59.9 Å². The predicted molar refractivity (Wildman–Crippen MR) is 87.6 cm³/mol. The minimum Gasteiger partial charge on any atom is -0.493 e. The number of benzene rings is 1. The minimum atomic E-state index is 0.109. The Labute approximate surface area is 124 Å². The maximum atomic E-state index is 6.09. The Balaban J connectivity index is 2.62. The van der Waals surface area contributed by atoms with E-state index in [1.807, 2.05) is 6.07 Å². The van der Waals surface area contributed by atoms with Gasteiger partial charge in [0.2, 0.25) is 0 Å². The molecule has 0 bridgehead atoms. The van der Waals surface area contributed by atoms with Crippen LogP contribution in [-0.4, -0.2) is 18.7 Å². The first-order valence-electron chi connectivity index (χ1n) is 7.57. The van der Waals surface area contributed by atoms with Gasteiger partial charge < -0.3 is 10.1 Å². The van der Waals surface area contributed by atoms with Crippen LogP contribution in [0.3, 0.4) is 0 Å². The first-order valence-corrected chi connectivity index (χ1v) is 7.57. The average Bonchev–Trinajstić information content (AvgIpc) is 2.34. The van der Waals surface area contributed by atoms with E-state index in [1.54, 1.807) is 0 Å². The molecule has 0 fully saturated rings. The highest BCUT2D eigenvalue weighted by Gasteiger charge is 2.22. The molecule has 0 aliphatic carbocycles. The Bertz CT molecular complexity index is 416. The summed E-state index contributed by atoms with van der Waals surface area (Å²) >= 11 is 0. The number of nitrogens with one attached hydrogen (secondary N) is 1. The molecular formula is C18H31NO. The molecule has 0 radical (unpaired) electrons. The largest absolute Gasteiger partial charge is 0.493 e. The molecule has 0 atom stereocenters. The van der Waals surface area contributed by atoms with Crippen molar-refractivity contribution in [2.75, 3.05) is 13.2 Å². The van der Waals surface area contributed by atoms with Crippen LogP contribution in [0.25, 0.3) is 0 Å².